The molecule has 0 unspecified atom stereocenters. The normalized spacial score (nSPS) is 10.8. The van der Waals surface area contributed by atoms with E-state index < -0.39 is 17.7 Å². The summed E-state index contributed by atoms with van der Waals surface area (Å²) in [7, 11) is 0. The Hall–Kier alpha value is -2.21. The molecule has 0 aliphatic heterocycles. The minimum atomic E-state index is -0.444. The van der Waals surface area contributed by atoms with Crippen molar-refractivity contribution >= 4 is 28.2 Å². The summed E-state index contributed by atoms with van der Waals surface area (Å²) in [6.45, 7) is 7.41. The van der Waals surface area contributed by atoms with Gasteiger partial charge in [-0.2, -0.15) is 0 Å². The van der Waals surface area contributed by atoms with E-state index in [0.29, 0.717) is 22.5 Å². The molecule has 0 fully saturated rings. The van der Waals surface area contributed by atoms with Gasteiger partial charge >= 0.3 is 5.97 Å². The van der Waals surface area contributed by atoms with Crippen molar-refractivity contribution in [3.8, 4) is 0 Å². The van der Waals surface area contributed by atoms with Crippen molar-refractivity contribution in [1.29, 1.82) is 0 Å². The fourth-order valence-corrected chi connectivity index (χ4v) is 3.49. The van der Waals surface area contributed by atoms with Crippen LogP contribution < -0.4 is 5.32 Å². The van der Waals surface area contributed by atoms with Gasteiger partial charge in [-0.05, 0) is 57.0 Å². The standard InChI is InChI=1S/C18H20FNO3S/c1-5-14-11(4)24-17(15(14)18(22)23-10(2)3)20-16(21)12-6-8-13(19)9-7-12/h6-10H,5H2,1-4H3,(H,20,21). The molecule has 1 heterocycles. The molecule has 1 aromatic carbocycles. The second-order valence-electron chi connectivity index (χ2n) is 5.61. The van der Waals surface area contributed by atoms with Crippen molar-refractivity contribution in [3.63, 3.8) is 0 Å². The molecule has 4 nitrogen and oxygen atoms in total. The largest absolute Gasteiger partial charge is 0.459 e. The SMILES string of the molecule is CCc1c(C)sc(NC(=O)c2ccc(F)cc2)c1C(=O)OC(C)C. The van der Waals surface area contributed by atoms with E-state index >= 15 is 0 Å². The topological polar surface area (TPSA) is 55.4 Å². The minimum Gasteiger partial charge on any atom is -0.459 e. The zero-order valence-corrected chi connectivity index (χ0v) is 14.9. The third kappa shape index (κ3) is 4.00. The molecular weight excluding hydrogens is 329 g/mol. The fourth-order valence-electron chi connectivity index (χ4n) is 2.36. The lowest BCUT2D eigenvalue weighted by Gasteiger charge is -2.11. The smallest absolute Gasteiger partial charge is 0.341 e. The lowest BCUT2D eigenvalue weighted by atomic mass is 10.1. The van der Waals surface area contributed by atoms with E-state index in [0.717, 1.165) is 10.4 Å². The second kappa shape index (κ2) is 7.57. The predicted octanol–water partition coefficient (Wildman–Crippen LogP) is 4.58. The van der Waals surface area contributed by atoms with Gasteiger partial charge in [-0.3, -0.25) is 4.79 Å². The number of esters is 1. The molecule has 0 spiro atoms. The van der Waals surface area contributed by atoms with Crippen LogP contribution in [0.4, 0.5) is 9.39 Å². The zero-order valence-electron chi connectivity index (χ0n) is 14.1. The number of hydrogen-bond donors (Lipinski definition) is 1. The molecule has 24 heavy (non-hydrogen) atoms. The summed E-state index contributed by atoms with van der Waals surface area (Å²) in [4.78, 5) is 25.7. The van der Waals surface area contributed by atoms with Crippen molar-refractivity contribution in [2.24, 2.45) is 0 Å². The minimum absolute atomic E-state index is 0.247. The number of carbonyl (C=O) groups is 2. The zero-order chi connectivity index (χ0) is 17.9. The number of halogens is 1. The third-order valence-electron chi connectivity index (χ3n) is 3.44. The van der Waals surface area contributed by atoms with Crippen molar-refractivity contribution in [3.05, 3.63) is 51.7 Å². The maximum Gasteiger partial charge on any atom is 0.341 e. The molecule has 2 rings (SSSR count). The van der Waals surface area contributed by atoms with E-state index in [1.165, 1.54) is 35.6 Å². The van der Waals surface area contributed by atoms with Crippen molar-refractivity contribution < 1.29 is 18.7 Å². The second-order valence-corrected chi connectivity index (χ2v) is 6.83. The van der Waals surface area contributed by atoms with Gasteiger partial charge in [0.25, 0.3) is 5.91 Å². The highest BCUT2D eigenvalue weighted by molar-refractivity contribution is 7.16. The van der Waals surface area contributed by atoms with Crippen LogP contribution in [0.15, 0.2) is 24.3 Å². The van der Waals surface area contributed by atoms with E-state index in [9.17, 15) is 14.0 Å². The van der Waals surface area contributed by atoms with Gasteiger partial charge in [-0.25, -0.2) is 9.18 Å². The molecule has 0 radical (unpaired) electrons. The summed E-state index contributed by atoms with van der Waals surface area (Å²) >= 11 is 1.34. The van der Waals surface area contributed by atoms with Crippen LogP contribution in [-0.2, 0) is 11.2 Å². The summed E-state index contributed by atoms with van der Waals surface area (Å²) in [5, 5.41) is 3.21. The highest BCUT2D eigenvalue weighted by Gasteiger charge is 2.24. The average molecular weight is 349 g/mol. The number of nitrogens with one attached hydrogen (secondary N) is 1. The van der Waals surface area contributed by atoms with Gasteiger partial charge in [0, 0.05) is 10.4 Å². The van der Waals surface area contributed by atoms with Gasteiger partial charge in [0.1, 0.15) is 10.8 Å². The first-order valence-electron chi connectivity index (χ1n) is 7.73. The van der Waals surface area contributed by atoms with Crippen LogP contribution in [0, 0.1) is 12.7 Å². The van der Waals surface area contributed by atoms with Crippen LogP contribution in [0.1, 0.15) is 51.9 Å². The van der Waals surface area contributed by atoms with E-state index in [1.807, 2.05) is 13.8 Å². The van der Waals surface area contributed by atoms with Crippen LogP contribution in [0.2, 0.25) is 0 Å². The molecule has 0 aliphatic carbocycles. The van der Waals surface area contributed by atoms with Gasteiger partial charge in [0.15, 0.2) is 0 Å². The molecule has 1 amide bonds. The fraction of sp³-hybridized carbons (Fsp3) is 0.333. The molecule has 0 saturated heterocycles. The van der Waals surface area contributed by atoms with Crippen molar-refractivity contribution in [1.82, 2.24) is 0 Å². The molecule has 0 bridgehead atoms. The van der Waals surface area contributed by atoms with E-state index in [-0.39, 0.29) is 6.10 Å². The summed E-state index contributed by atoms with van der Waals surface area (Å²) < 4.78 is 18.3. The Balaban J connectivity index is 2.34. The Bertz CT molecular complexity index is 750. The number of amides is 1. The number of benzene rings is 1. The number of carbonyl (C=O) groups excluding carboxylic acids is 2. The molecule has 2 aromatic rings. The Morgan fingerprint density at radius 3 is 2.42 bits per heavy atom. The predicted molar refractivity (Wildman–Crippen MR) is 93.3 cm³/mol. The molecule has 1 N–H and O–H groups in total. The first kappa shape index (κ1) is 18.1. The lowest BCUT2D eigenvalue weighted by Crippen LogP contribution is -2.17. The monoisotopic (exact) mass is 349 g/mol. The first-order valence-corrected chi connectivity index (χ1v) is 8.55. The summed E-state index contributed by atoms with van der Waals surface area (Å²) in [5.41, 5.74) is 1.60. The lowest BCUT2D eigenvalue weighted by molar-refractivity contribution is 0.0378. The Morgan fingerprint density at radius 2 is 1.88 bits per heavy atom. The highest BCUT2D eigenvalue weighted by atomic mass is 32.1. The number of ether oxygens (including phenoxy) is 1. The molecule has 6 heteroatoms. The maximum absolute atomic E-state index is 13.0. The van der Waals surface area contributed by atoms with Gasteiger partial charge in [0.05, 0.1) is 11.7 Å². The Kier molecular flexibility index (Phi) is 5.72. The van der Waals surface area contributed by atoms with Gasteiger partial charge in [-0.15, -0.1) is 11.3 Å². The Labute approximate surface area is 144 Å². The van der Waals surface area contributed by atoms with Gasteiger partial charge in [-0.1, -0.05) is 6.92 Å². The van der Waals surface area contributed by atoms with E-state index in [2.05, 4.69) is 5.32 Å². The van der Waals surface area contributed by atoms with Gasteiger partial charge in [0.2, 0.25) is 0 Å². The highest BCUT2D eigenvalue weighted by Crippen LogP contribution is 2.34. The first-order chi connectivity index (χ1) is 11.3. The van der Waals surface area contributed by atoms with E-state index in [1.54, 1.807) is 13.8 Å². The molecule has 128 valence electrons. The molecule has 0 aliphatic rings. The third-order valence-corrected chi connectivity index (χ3v) is 4.51. The molecule has 0 saturated carbocycles. The van der Waals surface area contributed by atoms with E-state index in [4.69, 9.17) is 4.74 Å². The number of hydrogen-bond acceptors (Lipinski definition) is 4. The average Bonchev–Trinajstić information content (AvgIpc) is 2.82. The number of thiophene rings is 1. The van der Waals surface area contributed by atoms with Crippen LogP contribution >= 0.6 is 11.3 Å². The summed E-state index contributed by atoms with van der Waals surface area (Å²) in [5.74, 6) is -1.24. The number of anilines is 1. The summed E-state index contributed by atoms with van der Waals surface area (Å²) in [6, 6.07) is 5.25. The number of rotatable bonds is 5. The molecule has 0 atom stereocenters. The van der Waals surface area contributed by atoms with Crippen LogP contribution in [0.25, 0.3) is 0 Å². The van der Waals surface area contributed by atoms with Crippen molar-refractivity contribution in [2.45, 2.75) is 40.2 Å². The van der Waals surface area contributed by atoms with Crippen LogP contribution in [0.5, 0.6) is 0 Å². The summed E-state index contributed by atoms with van der Waals surface area (Å²) in [6.07, 6.45) is 0.417. The quantitative estimate of drug-likeness (QED) is 0.804. The van der Waals surface area contributed by atoms with Gasteiger partial charge < -0.3 is 10.1 Å². The van der Waals surface area contributed by atoms with Crippen LogP contribution in [-0.4, -0.2) is 18.0 Å². The molecular formula is C18H20FNO3S. The van der Waals surface area contributed by atoms with Crippen LogP contribution in [0.3, 0.4) is 0 Å². The maximum atomic E-state index is 13.0. The molecule has 1 aromatic heterocycles. The van der Waals surface area contributed by atoms with Crippen molar-refractivity contribution in [2.75, 3.05) is 5.32 Å². The number of aryl methyl sites for hydroxylation is 1. The Morgan fingerprint density at radius 1 is 1.25 bits per heavy atom.